The summed E-state index contributed by atoms with van der Waals surface area (Å²) >= 11 is 6.04. The van der Waals surface area contributed by atoms with Crippen molar-refractivity contribution >= 4 is 29.0 Å². The molecule has 7 heteroatoms. The highest BCUT2D eigenvalue weighted by molar-refractivity contribution is 6.32. The molecule has 25 heavy (non-hydrogen) atoms. The summed E-state index contributed by atoms with van der Waals surface area (Å²) in [4.78, 5) is 18.8. The summed E-state index contributed by atoms with van der Waals surface area (Å²) in [6, 6.07) is 10.8. The van der Waals surface area contributed by atoms with Crippen LogP contribution in [0.1, 0.15) is 6.92 Å². The summed E-state index contributed by atoms with van der Waals surface area (Å²) in [5, 5.41) is 3.27. The Kier molecular flexibility index (Phi) is 5.73. The summed E-state index contributed by atoms with van der Waals surface area (Å²) in [6.07, 6.45) is 0.962. The lowest BCUT2D eigenvalue weighted by atomic mass is 10.3. The third-order valence-corrected chi connectivity index (χ3v) is 4.17. The van der Waals surface area contributed by atoms with Gasteiger partial charge in [-0.3, -0.25) is 4.79 Å². The van der Waals surface area contributed by atoms with Gasteiger partial charge in [0.2, 0.25) is 0 Å². The molecule has 1 saturated heterocycles. The molecule has 1 amide bonds. The number of nitrogens with one attached hydrogen (secondary N) is 1. The second-order valence-electron chi connectivity index (χ2n) is 5.68. The molecular formula is C18H20ClN3O3. The van der Waals surface area contributed by atoms with Crippen LogP contribution in [0.3, 0.4) is 0 Å². The van der Waals surface area contributed by atoms with Gasteiger partial charge < -0.3 is 19.7 Å². The van der Waals surface area contributed by atoms with Gasteiger partial charge in [0, 0.05) is 13.1 Å². The maximum Gasteiger partial charge on any atom is 0.265 e. The molecule has 1 atom stereocenters. The molecule has 1 aliphatic rings. The van der Waals surface area contributed by atoms with Crippen LogP contribution < -0.4 is 15.0 Å². The van der Waals surface area contributed by atoms with Crippen molar-refractivity contribution in [1.29, 1.82) is 0 Å². The number of hydrogen-bond acceptors (Lipinski definition) is 5. The van der Waals surface area contributed by atoms with Crippen molar-refractivity contribution in [2.24, 2.45) is 0 Å². The normalized spacial score (nSPS) is 15.5. The second-order valence-corrected chi connectivity index (χ2v) is 6.09. The Labute approximate surface area is 151 Å². The predicted octanol–water partition coefficient (Wildman–Crippen LogP) is 2.98. The van der Waals surface area contributed by atoms with Crippen LogP contribution in [-0.2, 0) is 9.53 Å². The first-order valence-corrected chi connectivity index (χ1v) is 8.52. The molecule has 6 nitrogen and oxygen atoms in total. The van der Waals surface area contributed by atoms with Gasteiger partial charge in [0.05, 0.1) is 30.1 Å². The van der Waals surface area contributed by atoms with E-state index in [1.54, 1.807) is 31.3 Å². The number of amides is 1. The summed E-state index contributed by atoms with van der Waals surface area (Å²) in [5.41, 5.74) is 0.622. The first-order valence-electron chi connectivity index (χ1n) is 8.14. The van der Waals surface area contributed by atoms with Crippen molar-refractivity contribution in [2.45, 2.75) is 13.0 Å². The standard InChI is InChI=1S/C18H20ClN3O3/c1-13(25-16-5-3-2-4-15(16)19)18(23)21-14-6-7-17(20-12-14)22-8-10-24-11-9-22/h2-7,12-13H,8-11H2,1H3,(H,21,23). The molecular weight excluding hydrogens is 342 g/mol. The number of nitrogens with zero attached hydrogens (tertiary/aromatic N) is 2. The van der Waals surface area contributed by atoms with Crippen molar-refractivity contribution in [1.82, 2.24) is 4.98 Å². The average molecular weight is 362 g/mol. The van der Waals surface area contributed by atoms with E-state index in [0.29, 0.717) is 29.7 Å². The monoisotopic (exact) mass is 361 g/mol. The quantitative estimate of drug-likeness (QED) is 0.887. The molecule has 0 saturated carbocycles. The Bertz CT molecular complexity index is 718. The van der Waals surface area contributed by atoms with Crippen molar-refractivity contribution < 1.29 is 14.3 Å². The fourth-order valence-electron chi connectivity index (χ4n) is 2.47. The van der Waals surface area contributed by atoms with Crippen LogP contribution in [-0.4, -0.2) is 43.3 Å². The highest BCUT2D eigenvalue weighted by Gasteiger charge is 2.17. The molecule has 0 spiro atoms. The predicted molar refractivity (Wildman–Crippen MR) is 97.4 cm³/mol. The van der Waals surface area contributed by atoms with Gasteiger partial charge in [-0.05, 0) is 31.2 Å². The summed E-state index contributed by atoms with van der Waals surface area (Å²) in [6.45, 7) is 4.73. The third kappa shape index (κ3) is 4.61. The second kappa shape index (κ2) is 8.18. The maximum absolute atomic E-state index is 12.3. The number of rotatable bonds is 5. The molecule has 1 aliphatic heterocycles. The molecule has 3 rings (SSSR count). The number of para-hydroxylation sites is 1. The number of aromatic nitrogens is 1. The number of morpholine rings is 1. The third-order valence-electron chi connectivity index (χ3n) is 3.86. The van der Waals surface area contributed by atoms with E-state index in [-0.39, 0.29) is 5.91 Å². The molecule has 132 valence electrons. The lowest BCUT2D eigenvalue weighted by Gasteiger charge is -2.27. The Morgan fingerprint density at radius 2 is 2.04 bits per heavy atom. The Morgan fingerprint density at radius 1 is 1.28 bits per heavy atom. The smallest absolute Gasteiger partial charge is 0.265 e. The first kappa shape index (κ1) is 17.5. The van der Waals surface area contributed by atoms with Crippen LogP contribution in [0.25, 0.3) is 0 Å². The molecule has 1 unspecified atom stereocenters. The van der Waals surface area contributed by atoms with Crippen LogP contribution in [0.2, 0.25) is 5.02 Å². The minimum Gasteiger partial charge on any atom is -0.479 e. The number of halogens is 1. The molecule has 2 aromatic rings. The van der Waals surface area contributed by atoms with Crippen LogP contribution >= 0.6 is 11.6 Å². The van der Waals surface area contributed by atoms with Gasteiger partial charge in [-0.1, -0.05) is 23.7 Å². The average Bonchev–Trinajstić information content (AvgIpc) is 2.65. The molecule has 2 heterocycles. The van der Waals surface area contributed by atoms with E-state index >= 15 is 0 Å². The van der Waals surface area contributed by atoms with Crippen molar-refractivity contribution in [3.63, 3.8) is 0 Å². The van der Waals surface area contributed by atoms with Gasteiger partial charge in [0.15, 0.2) is 6.10 Å². The van der Waals surface area contributed by atoms with E-state index in [2.05, 4.69) is 15.2 Å². The highest BCUT2D eigenvalue weighted by atomic mass is 35.5. The molecule has 1 fully saturated rings. The zero-order valence-electron chi connectivity index (χ0n) is 13.9. The molecule has 0 aliphatic carbocycles. The molecule has 0 bridgehead atoms. The van der Waals surface area contributed by atoms with E-state index in [1.165, 1.54) is 0 Å². The lowest BCUT2D eigenvalue weighted by molar-refractivity contribution is -0.122. The molecule has 1 N–H and O–H groups in total. The van der Waals surface area contributed by atoms with Gasteiger partial charge >= 0.3 is 0 Å². The zero-order valence-corrected chi connectivity index (χ0v) is 14.7. The number of pyridine rings is 1. The van der Waals surface area contributed by atoms with E-state index in [1.807, 2.05) is 18.2 Å². The fourth-order valence-corrected chi connectivity index (χ4v) is 2.65. The summed E-state index contributed by atoms with van der Waals surface area (Å²) in [5.74, 6) is 1.09. The van der Waals surface area contributed by atoms with Crippen LogP contribution in [0, 0.1) is 0 Å². The van der Waals surface area contributed by atoms with Crippen LogP contribution in [0.5, 0.6) is 5.75 Å². The lowest BCUT2D eigenvalue weighted by Crippen LogP contribution is -2.36. The Balaban J connectivity index is 1.57. The van der Waals surface area contributed by atoms with Crippen molar-refractivity contribution in [3.8, 4) is 5.75 Å². The van der Waals surface area contributed by atoms with E-state index in [9.17, 15) is 4.79 Å². The van der Waals surface area contributed by atoms with Gasteiger partial charge in [0.25, 0.3) is 5.91 Å². The molecule has 0 radical (unpaired) electrons. The van der Waals surface area contributed by atoms with Crippen LogP contribution in [0.15, 0.2) is 42.6 Å². The zero-order chi connectivity index (χ0) is 17.6. The van der Waals surface area contributed by atoms with Crippen LogP contribution in [0.4, 0.5) is 11.5 Å². The molecule has 1 aromatic heterocycles. The number of anilines is 2. The number of hydrogen-bond donors (Lipinski definition) is 1. The minimum atomic E-state index is -0.682. The summed E-state index contributed by atoms with van der Waals surface area (Å²) < 4.78 is 10.9. The SMILES string of the molecule is CC(Oc1ccccc1Cl)C(=O)Nc1ccc(N2CCOCC2)nc1. The van der Waals surface area contributed by atoms with Crippen molar-refractivity contribution in [3.05, 3.63) is 47.6 Å². The number of benzene rings is 1. The van der Waals surface area contributed by atoms with Gasteiger partial charge in [-0.2, -0.15) is 0 Å². The first-order chi connectivity index (χ1) is 12.1. The minimum absolute atomic E-state index is 0.263. The van der Waals surface area contributed by atoms with E-state index < -0.39 is 6.10 Å². The topological polar surface area (TPSA) is 63.7 Å². The van der Waals surface area contributed by atoms with E-state index in [0.717, 1.165) is 18.9 Å². The van der Waals surface area contributed by atoms with Gasteiger partial charge in [-0.25, -0.2) is 4.98 Å². The van der Waals surface area contributed by atoms with Gasteiger partial charge in [-0.15, -0.1) is 0 Å². The summed E-state index contributed by atoms with van der Waals surface area (Å²) in [7, 11) is 0. The Hall–Kier alpha value is -2.31. The van der Waals surface area contributed by atoms with Gasteiger partial charge in [0.1, 0.15) is 11.6 Å². The van der Waals surface area contributed by atoms with E-state index in [4.69, 9.17) is 21.1 Å². The highest BCUT2D eigenvalue weighted by Crippen LogP contribution is 2.24. The fraction of sp³-hybridized carbons (Fsp3) is 0.333. The van der Waals surface area contributed by atoms with Crippen molar-refractivity contribution in [2.75, 3.05) is 36.5 Å². The largest absolute Gasteiger partial charge is 0.479 e. The number of carbonyl (C=O) groups excluding carboxylic acids is 1. The maximum atomic E-state index is 12.3. The molecule has 1 aromatic carbocycles. The number of carbonyl (C=O) groups is 1. The number of ether oxygens (including phenoxy) is 2. The Morgan fingerprint density at radius 3 is 2.72 bits per heavy atom.